The molecule has 1 aromatic heterocycles. The molecule has 78 valence electrons. The Bertz CT molecular complexity index is 290. The third-order valence-electron chi connectivity index (χ3n) is 1.41. The van der Waals surface area contributed by atoms with Crippen LogP contribution in [0.15, 0.2) is 17.5 Å². The minimum absolute atomic E-state index is 0. The molecule has 0 aliphatic heterocycles. The first kappa shape index (κ1) is 12.8. The number of carbonyl (C=O) groups excluding carboxylic acids is 2. The summed E-state index contributed by atoms with van der Waals surface area (Å²) in [6.45, 7) is 2.03. The normalized spacial score (nSPS) is 8.93. The van der Waals surface area contributed by atoms with Crippen molar-refractivity contribution in [1.82, 2.24) is 0 Å². The van der Waals surface area contributed by atoms with E-state index in [1.54, 1.807) is 24.4 Å². The van der Waals surface area contributed by atoms with E-state index in [1.165, 1.54) is 11.3 Å². The number of ketones is 1. The van der Waals surface area contributed by atoms with E-state index in [-0.39, 0.29) is 19.6 Å². The summed E-state index contributed by atoms with van der Waals surface area (Å²) in [5, 5.41) is 1.80. The van der Waals surface area contributed by atoms with Crippen molar-refractivity contribution in [2.45, 2.75) is 20.8 Å². The summed E-state index contributed by atoms with van der Waals surface area (Å²) in [4.78, 5) is 22.8. The van der Waals surface area contributed by atoms with Crippen LogP contribution in [-0.2, 0) is 9.53 Å². The zero-order valence-electron chi connectivity index (χ0n) is 7.28. The highest BCUT2D eigenvalue weighted by Gasteiger charge is 2.12. The summed E-state index contributed by atoms with van der Waals surface area (Å²) >= 11 is 1.33. The fraction of sp³-hybridized carbons (Fsp3) is 0.400. The fourth-order valence-electron chi connectivity index (χ4n) is 0.867. The van der Waals surface area contributed by atoms with Crippen molar-refractivity contribution < 1.29 is 14.3 Å². The number of carbonyl (C=O) groups is 2. The molecule has 0 N–H and O–H groups in total. The molecule has 0 atom stereocenters. The summed E-state index contributed by atoms with van der Waals surface area (Å²) in [5.74, 6) is -0.630. The Balaban J connectivity index is 0.00000169. The summed E-state index contributed by atoms with van der Waals surface area (Å²) in [6, 6.07) is 3.48. The zero-order chi connectivity index (χ0) is 9.68. The van der Waals surface area contributed by atoms with E-state index in [0.29, 0.717) is 11.5 Å². The van der Waals surface area contributed by atoms with Gasteiger partial charge in [0.2, 0.25) is 0 Å². The molecule has 1 rings (SSSR count). The second-order valence-electron chi connectivity index (χ2n) is 2.38. The minimum atomic E-state index is -0.457. The molecule has 0 saturated carbocycles. The highest BCUT2D eigenvalue weighted by molar-refractivity contribution is 7.12. The molecule has 1 aromatic rings. The third-order valence-corrected chi connectivity index (χ3v) is 2.32. The van der Waals surface area contributed by atoms with Crippen LogP contribution in [0.5, 0.6) is 0 Å². The standard InChI is InChI=1S/C9H10O3S.CH4/c1-2-12-9(11)6-7(10)8-4-3-5-13-8;/h3-5H,2,6H2,1H3;1H4. The maximum Gasteiger partial charge on any atom is 0.313 e. The van der Waals surface area contributed by atoms with Crippen LogP contribution in [0.3, 0.4) is 0 Å². The fourth-order valence-corrected chi connectivity index (χ4v) is 1.53. The molecule has 0 saturated heterocycles. The molecule has 14 heavy (non-hydrogen) atoms. The number of thiophene rings is 1. The first-order chi connectivity index (χ1) is 6.24. The van der Waals surface area contributed by atoms with Crippen LogP contribution >= 0.6 is 11.3 Å². The van der Waals surface area contributed by atoms with Crippen molar-refractivity contribution in [2.24, 2.45) is 0 Å². The topological polar surface area (TPSA) is 43.4 Å². The lowest BCUT2D eigenvalue weighted by atomic mass is 10.2. The number of Topliss-reactive ketones (excluding diaryl/α,β-unsaturated/α-hetero) is 1. The van der Waals surface area contributed by atoms with E-state index in [4.69, 9.17) is 0 Å². The minimum Gasteiger partial charge on any atom is -0.466 e. The number of hydrogen-bond donors (Lipinski definition) is 0. The van der Waals surface area contributed by atoms with Crippen LogP contribution < -0.4 is 0 Å². The highest BCUT2D eigenvalue weighted by Crippen LogP contribution is 2.11. The Morgan fingerprint density at radius 3 is 2.71 bits per heavy atom. The molecular formula is C10H14O3S. The molecule has 0 bridgehead atoms. The summed E-state index contributed by atoms with van der Waals surface area (Å²) < 4.78 is 4.66. The number of esters is 1. The molecule has 0 aliphatic rings. The van der Waals surface area contributed by atoms with Gasteiger partial charge in [-0.3, -0.25) is 9.59 Å². The van der Waals surface area contributed by atoms with Gasteiger partial charge in [-0.1, -0.05) is 13.5 Å². The smallest absolute Gasteiger partial charge is 0.313 e. The van der Waals surface area contributed by atoms with Gasteiger partial charge >= 0.3 is 5.97 Å². The summed E-state index contributed by atoms with van der Waals surface area (Å²) in [5.41, 5.74) is 0. The maximum absolute atomic E-state index is 11.3. The first-order valence-corrected chi connectivity index (χ1v) is 4.84. The first-order valence-electron chi connectivity index (χ1n) is 3.96. The Morgan fingerprint density at radius 1 is 1.50 bits per heavy atom. The van der Waals surface area contributed by atoms with Crippen molar-refractivity contribution >= 4 is 23.1 Å². The van der Waals surface area contributed by atoms with Gasteiger partial charge in [0.1, 0.15) is 6.42 Å². The monoisotopic (exact) mass is 214 g/mol. The molecule has 0 amide bonds. The van der Waals surface area contributed by atoms with E-state index in [2.05, 4.69) is 4.74 Å². The molecule has 3 nitrogen and oxygen atoms in total. The van der Waals surface area contributed by atoms with Crippen LogP contribution in [0.1, 0.15) is 30.4 Å². The van der Waals surface area contributed by atoms with Gasteiger partial charge in [-0.2, -0.15) is 0 Å². The lowest BCUT2D eigenvalue weighted by Crippen LogP contribution is -2.10. The van der Waals surface area contributed by atoms with Gasteiger partial charge in [0.25, 0.3) is 0 Å². The van der Waals surface area contributed by atoms with Gasteiger partial charge in [-0.05, 0) is 18.4 Å². The van der Waals surface area contributed by atoms with Crippen molar-refractivity contribution in [3.8, 4) is 0 Å². The summed E-state index contributed by atoms with van der Waals surface area (Å²) in [7, 11) is 0. The van der Waals surface area contributed by atoms with Crippen LogP contribution in [0.2, 0.25) is 0 Å². The SMILES string of the molecule is C.CCOC(=O)CC(=O)c1cccs1. The van der Waals surface area contributed by atoms with E-state index < -0.39 is 5.97 Å². The maximum atomic E-state index is 11.3. The van der Waals surface area contributed by atoms with Gasteiger partial charge in [-0.15, -0.1) is 11.3 Å². The average molecular weight is 214 g/mol. The Morgan fingerprint density at radius 2 is 2.21 bits per heavy atom. The Hall–Kier alpha value is -1.16. The van der Waals surface area contributed by atoms with Crippen molar-refractivity contribution in [3.63, 3.8) is 0 Å². The van der Waals surface area contributed by atoms with E-state index in [1.807, 2.05) is 0 Å². The van der Waals surface area contributed by atoms with Crippen molar-refractivity contribution in [1.29, 1.82) is 0 Å². The molecule has 1 heterocycles. The van der Waals surface area contributed by atoms with Crippen LogP contribution in [0.25, 0.3) is 0 Å². The highest BCUT2D eigenvalue weighted by atomic mass is 32.1. The second kappa shape index (κ2) is 6.32. The van der Waals surface area contributed by atoms with Gasteiger partial charge in [0, 0.05) is 0 Å². The lowest BCUT2D eigenvalue weighted by molar-refractivity contribution is -0.141. The molecular weight excluding hydrogens is 200 g/mol. The molecule has 0 unspecified atom stereocenters. The number of ether oxygens (including phenoxy) is 1. The largest absolute Gasteiger partial charge is 0.466 e. The lowest BCUT2D eigenvalue weighted by Gasteiger charge is -1.98. The Labute approximate surface area is 87.7 Å². The van der Waals surface area contributed by atoms with Crippen molar-refractivity contribution in [2.75, 3.05) is 6.61 Å². The zero-order valence-corrected chi connectivity index (χ0v) is 8.10. The number of rotatable bonds is 4. The van der Waals surface area contributed by atoms with E-state index in [0.717, 1.165) is 0 Å². The van der Waals surface area contributed by atoms with Gasteiger partial charge < -0.3 is 4.74 Å². The molecule has 4 heteroatoms. The van der Waals surface area contributed by atoms with Crippen LogP contribution in [-0.4, -0.2) is 18.4 Å². The van der Waals surface area contributed by atoms with E-state index in [9.17, 15) is 9.59 Å². The second-order valence-corrected chi connectivity index (χ2v) is 3.33. The van der Waals surface area contributed by atoms with E-state index >= 15 is 0 Å². The van der Waals surface area contributed by atoms with Crippen molar-refractivity contribution in [3.05, 3.63) is 22.4 Å². The summed E-state index contributed by atoms with van der Waals surface area (Å²) in [6.07, 6.45) is -0.158. The molecule has 0 spiro atoms. The van der Waals surface area contributed by atoms with Crippen LogP contribution in [0, 0.1) is 0 Å². The molecule has 0 aromatic carbocycles. The van der Waals surface area contributed by atoms with Gasteiger partial charge in [-0.25, -0.2) is 0 Å². The predicted octanol–water partition coefficient (Wildman–Crippen LogP) is 2.52. The Kier molecular flexibility index (Phi) is 5.79. The van der Waals surface area contributed by atoms with Crippen LogP contribution in [0.4, 0.5) is 0 Å². The average Bonchev–Trinajstić information content (AvgIpc) is 2.55. The molecule has 0 fully saturated rings. The van der Waals surface area contributed by atoms with Gasteiger partial charge in [0.05, 0.1) is 11.5 Å². The molecule has 0 aliphatic carbocycles. The third kappa shape index (κ3) is 3.70. The quantitative estimate of drug-likeness (QED) is 0.439. The number of hydrogen-bond acceptors (Lipinski definition) is 4. The van der Waals surface area contributed by atoms with Gasteiger partial charge in [0.15, 0.2) is 5.78 Å². The molecule has 0 radical (unpaired) electrons. The predicted molar refractivity (Wildman–Crippen MR) is 56.6 cm³/mol.